The molecule has 0 aliphatic rings. The van der Waals surface area contributed by atoms with Crippen LogP contribution >= 0.6 is 0 Å². The Bertz CT molecular complexity index is 727. The summed E-state index contributed by atoms with van der Waals surface area (Å²) in [5.41, 5.74) is 2.25. The summed E-state index contributed by atoms with van der Waals surface area (Å²) in [6.45, 7) is 2.55. The SMILES string of the molecule is CC(NCC(O)COc1ccc(C#N)cc1)c1ccc(C#N)cc1. The molecule has 2 N–H and O–H groups in total. The molecule has 0 fully saturated rings. The first-order valence-corrected chi connectivity index (χ1v) is 7.67. The van der Waals surface area contributed by atoms with Crippen molar-refractivity contribution < 1.29 is 9.84 Å². The van der Waals surface area contributed by atoms with Crippen LogP contribution in [0.5, 0.6) is 5.75 Å². The fourth-order valence-corrected chi connectivity index (χ4v) is 2.15. The van der Waals surface area contributed by atoms with Gasteiger partial charge in [0.1, 0.15) is 18.5 Å². The number of benzene rings is 2. The Balaban J connectivity index is 1.76. The van der Waals surface area contributed by atoms with Gasteiger partial charge in [-0.2, -0.15) is 10.5 Å². The van der Waals surface area contributed by atoms with Crippen LogP contribution in [0.3, 0.4) is 0 Å². The molecule has 0 aromatic heterocycles. The highest BCUT2D eigenvalue weighted by atomic mass is 16.5. The predicted molar refractivity (Wildman–Crippen MR) is 90.2 cm³/mol. The second-order valence-electron chi connectivity index (χ2n) is 5.46. The van der Waals surface area contributed by atoms with Crippen LogP contribution in [0, 0.1) is 22.7 Å². The van der Waals surface area contributed by atoms with Gasteiger partial charge in [-0.25, -0.2) is 0 Å². The maximum Gasteiger partial charge on any atom is 0.119 e. The fourth-order valence-electron chi connectivity index (χ4n) is 2.15. The topological polar surface area (TPSA) is 89.1 Å². The number of hydrogen-bond acceptors (Lipinski definition) is 5. The molecule has 2 aromatic rings. The zero-order valence-electron chi connectivity index (χ0n) is 13.4. The fraction of sp³-hybridized carbons (Fsp3) is 0.263. The van der Waals surface area contributed by atoms with Crippen molar-refractivity contribution in [3.05, 3.63) is 65.2 Å². The van der Waals surface area contributed by atoms with E-state index in [1.54, 1.807) is 36.4 Å². The van der Waals surface area contributed by atoms with Crippen molar-refractivity contribution in [2.75, 3.05) is 13.2 Å². The number of nitriles is 2. The van der Waals surface area contributed by atoms with Crippen molar-refractivity contribution in [2.24, 2.45) is 0 Å². The first-order valence-electron chi connectivity index (χ1n) is 7.67. The Morgan fingerprint density at radius 3 is 2.08 bits per heavy atom. The minimum absolute atomic E-state index is 0.0577. The van der Waals surface area contributed by atoms with E-state index in [9.17, 15) is 5.11 Å². The lowest BCUT2D eigenvalue weighted by Gasteiger charge is -2.18. The van der Waals surface area contributed by atoms with Gasteiger partial charge in [-0.1, -0.05) is 12.1 Å². The molecule has 0 radical (unpaired) electrons. The van der Waals surface area contributed by atoms with Gasteiger partial charge in [0.25, 0.3) is 0 Å². The van der Waals surface area contributed by atoms with Crippen LogP contribution in [0.15, 0.2) is 48.5 Å². The monoisotopic (exact) mass is 321 g/mol. The highest BCUT2D eigenvalue weighted by molar-refractivity contribution is 5.34. The first kappa shape index (κ1) is 17.5. The average molecular weight is 321 g/mol. The lowest BCUT2D eigenvalue weighted by Crippen LogP contribution is -2.33. The highest BCUT2D eigenvalue weighted by Crippen LogP contribution is 2.14. The molecule has 5 heteroatoms. The summed E-state index contributed by atoms with van der Waals surface area (Å²) in [5.74, 6) is 0.619. The molecular formula is C19H19N3O2. The second kappa shape index (κ2) is 8.69. The third-order valence-electron chi connectivity index (χ3n) is 3.63. The number of nitrogens with one attached hydrogen (secondary N) is 1. The van der Waals surface area contributed by atoms with Crippen LogP contribution in [0.25, 0.3) is 0 Å². The molecule has 0 heterocycles. The molecular weight excluding hydrogens is 302 g/mol. The normalized spacial score (nSPS) is 12.7. The highest BCUT2D eigenvalue weighted by Gasteiger charge is 2.10. The summed E-state index contributed by atoms with van der Waals surface area (Å²) in [6.07, 6.45) is -0.651. The number of ether oxygens (including phenoxy) is 1. The van der Waals surface area contributed by atoms with Crippen molar-refractivity contribution in [2.45, 2.75) is 19.1 Å². The van der Waals surface area contributed by atoms with Crippen LogP contribution in [-0.2, 0) is 0 Å². The number of hydrogen-bond donors (Lipinski definition) is 2. The summed E-state index contributed by atoms with van der Waals surface area (Å²) < 4.78 is 5.50. The van der Waals surface area contributed by atoms with Crippen LogP contribution in [0.4, 0.5) is 0 Å². The van der Waals surface area contributed by atoms with Crippen LogP contribution < -0.4 is 10.1 Å². The van der Waals surface area contributed by atoms with Gasteiger partial charge < -0.3 is 15.2 Å². The summed E-state index contributed by atoms with van der Waals surface area (Å²) in [7, 11) is 0. The molecule has 2 rings (SSSR count). The Labute approximate surface area is 141 Å². The minimum atomic E-state index is -0.651. The number of aliphatic hydroxyl groups is 1. The third-order valence-corrected chi connectivity index (χ3v) is 3.63. The number of aliphatic hydroxyl groups excluding tert-OH is 1. The molecule has 2 atom stereocenters. The lowest BCUT2D eigenvalue weighted by atomic mass is 10.1. The van der Waals surface area contributed by atoms with Gasteiger partial charge in [0.15, 0.2) is 0 Å². The average Bonchev–Trinajstić information content (AvgIpc) is 2.64. The summed E-state index contributed by atoms with van der Waals surface area (Å²) in [5, 5.41) is 30.8. The maximum absolute atomic E-state index is 10.0. The van der Waals surface area contributed by atoms with Crippen LogP contribution in [0.2, 0.25) is 0 Å². The van der Waals surface area contributed by atoms with E-state index in [4.69, 9.17) is 15.3 Å². The standard InChI is InChI=1S/C19H19N3O2/c1-14(17-6-2-15(10-20)3-7-17)22-12-18(23)13-24-19-8-4-16(11-21)5-9-19/h2-9,14,18,22-23H,12-13H2,1H3. The molecule has 2 unspecified atom stereocenters. The van der Waals surface area contributed by atoms with E-state index in [0.717, 1.165) is 5.56 Å². The van der Waals surface area contributed by atoms with Crippen molar-refractivity contribution in [3.8, 4) is 17.9 Å². The van der Waals surface area contributed by atoms with Gasteiger partial charge in [-0.3, -0.25) is 0 Å². The zero-order valence-corrected chi connectivity index (χ0v) is 13.4. The molecule has 0 aliphatic heterocycles. The Kier molecular flexibility index (Phi) is 6.33. The molecule has 0 saturated heterocycles. The molecule has 0 bridgehead atoms. The quantitative estimate of drug-likeness (QED) is 0.818. The molecule has 0 aliphatic carbocycles. The van der Waals surface area contributed by atoms with Crippen LogP contribution in [0.1, 0.15) is 29.7 Å². The summed E-state index contributed by atoms with van der Waals surface area (Å²) in [4.78, 5) is 0. The third kappa shape index (κ3) is 5.10. The van der Waals surface area contributed by atoms with E-state index in [-0.39, 0.29) is 12.6 Å². The molecule has 0 amide bonds. The molecule has 0 spiro atoms. The van der Waals surface area contributed by atoms with E-state index in [0.29, 0.717) is 23.4 Å². The smallest absolute Gasteiger partial charge is 0.119 e. The lowest BCUT2D eigenvalue weighted by molar-refractivity contribution is 0.104. The van der Waals surface area contributed by atoms with Crippen molar-refractivity contribution in [1.82, 2.24) is 5.32 Å². The Morgan fingerprint density at radius 2 is 1.54 bits per heavy atom. The van der Waals surface area contributed by atoms with Crippen molar-refractivity contribution in [3.63, 3.8) is 0 Å². The summed E-state index contributed by atoms with van der Waals surface area (Å²) in [6, 6.07) is 18.3. The largest absolute Gasteiger partial charge is 0.491 e. The first-order chi connectivity index (χ1) is 11.6. The molecule has 24 heavy (non-hydrogen) atoms. The van der Waals surface area contributed by atoms with Gasteiger partial charge in [0, 0.05) is 12.6 Å². The second-order valence-corrected chi connectivity index (χ2v) is 5.46. The summed E-state index contributed by atoms with van der Waals surface area (Å²) >= 11 is 0. The Morgan fingerprint density at radius 1 is 1.00 bits per heavy atom. The van der Waals surface area contributed by atoms with E-state index in [1.165, 1.54) is 0 Å². The number of nitrogens with zero attached hydrogens (tertiary/aromatic N) is 2. The van der Waals surface area contributed by atoms with Gasteiger partial charge in [-0.05, 0) is 48.9 Å². The van der Waals surface area contributed by atoms with E-state index < -0.39 is 6.10 Å². The zero-order chi connectivity index (χ0) is 17.4. The number of rotatable bonds is 7. The molecule has 122 valence electrons. The molecule has 0 saturated carbocycles. The van der Waals surface area contributed by atoms with E-state index in [2.05, 4.69) is 11.4 Å². The van der Waals surface area contributed by atoms with Gasteiger partial charge in [0.05, 0.1) is 23.3 Å². The van der Waals surface area contributed by atoms with Gasteiger partial charge >= 0.3 is 0 Å². The van der Waals surface area contributed by atoms with E-state index in [1.807, 2.05) is 25.1 Å². The van der Waals surface area contributed by atoms with Gasteiger partial charge in [0.2, 0.25) is 0 Å². The van der Waals surface area contributed by atoms with Crippen LogP contribution in [-0.4, -0.2) is 24.4 Å². The van der Waals surface area contributed by atoms with Crippen molar-refractivity contribution >= 4 is 0 Å². The maximum atomic E-state index is 10.0. The minimum Gasteiger partial charge on any atom is -0.491 e. The van der Waals surface area contributed by atoms with Crippen molar-refractivity contribution in [1.29, 1.82) is 10.5 Å². The molecule has 2 aromatic carbocycles. The predicted octanol–water partition coefficient (Wildman–Crippen LogP) is 2.52. The van der Waals surface area contributed by atoms with Gasteiger partial charge in [-0.15, -0.1) is 0 Å². The molecule has 5 nitrogen and oxygen atoms in total. The van der Waals surface area contributed by atoms with E-state index >= 15 is 0 Å². The Hall–Kier alpha value is -2.86.